The third-order valence-corrected chi connectivity index (χ3v) is 4.13. The van der Waals surface area contributed by atoms with Gasteiger partial charge in [-0.3, -0.25) is 0 Å². The number of nitrogens with one attached hydrogen (secondary N) is 1. The van der Waals surface area contributed by atoms with Crippen LogP contribution in [0.4, 0.5) is 0 Å². The van der Waals surface area contributed by atoms with Crippen LogP contribution in [0.1, 0.15) is 33.9 Å². The van der Waals surface area contributed by atoms with Crippen molar-refractivity contribution >= 4 is 0 Å². The molecule has 2 aromatic rings. The summed E-state index contributed by atoms with van der Waals surface area (Å²) in [5.41, 5.74) is 6.67. The average Bonchev–Trinajstić information content (AvgIpc) is 2.48. The lowest BCUT2D eigenvalue weighted by atomic mass is 9.92. The lowest BCUT2D eigenvalue weighted by molar-refractivity contribution is 0.414. The molecule has 1 unspecified atom stereocenters. The Labute approximate surface area is 128 Å². The number of aryl methyl sites for hydroxylation is 3. The topological polar surface area (TPSA) is 21.3 Å². The molecule has 0 radical (unpaired) electrons. The summed E-state index contributed by atoms with van der Waals surface area (Å²) in [6.45, 7) is 6.48. The maximum absolute atomic E-state index is 5.30. The van der Waals surface area contributed by atoms with Crippen molar-refractivity contribution < 1.29 is 4.74 Å². The fourth-order valence-corrected chi connectivity index (χ4v) is 2.77. The SMILES string of the molecule is CNC(Cc1cc(C)ccc1C)c1ccc(OC)cc1C. The van der Waals surface area contributed by atoms with Crippen LogP contribution in [0.15, 0.2) is 36.4 Å². The van der Waals surface area contributed by atoms with Gasteiger partial charge in [-0.05, 0) is 68.6 Å². The summed E-state index contributed by atoms with van der Waals surface area (Å²) in [7, 11) is 3.74. The van der Waals surface area contributed by atoms with Crippen molar-refractivity contribution in [2.45, 2.75) is 33.2 Å². The molecule has 0 aliphatic heterocycles. The van der Waals surface area contributed by atoms with Crippen molar-refractivity contribution in [1.29, 1.82) is 0 Å². The molecule has 0 saturated heterocycles. The molecular formula is C19H25NO. The molecule has 1 atom stereocenters. The Kier molecular flexibility index (Phi) is 5.03. The van der Waals surface area contributed by atoms with Gasteiger partial charge in [0, 0.05) is 6.04 Å². The highest BCUT2D eigenvalue weighted by atomic mass is 16.5. The number of methoxy groups -OCH3 is 1. The largest absolute Gasteiger partial charge is 0.497 e. The first-order valence-corrected chi connectivity index (χ1v) is 7.43. The molecule has 112 valence electrons. The van der Waals surface area contributed by atoms with Crippen LogP contribution in [0.3, 0.4) is 0 Å². The van der Waals surface area contributed by atoms with Crippen molar-refractivity contribution in [3.8, 4) is 5.75 Å². The van der Waals surface area contributed by atoms with Gasteiger partial charge in [-0.1, -0.05) is 29.8 Å². The van der Waals surface area contributed by atoms with E-state index in [1.807, 2.05) is 13.1 Å². The summed E-state index contributed by atoms with van der Waals surface area (Å²) >= 11 is 0. The number of ether oxygens (including phenoxy) is 1. The zero-order valence-corrected chi connectivity index (χ0v) is 13.7. The van der Waals surface area contributed by atoms with E-state index in [2.05, 4.69) is 56.4 Å². The van der Waals surface area contributed by atoms with E-state index in [1.54, 1.807) is 7.11 Å². The second-order valence-corrected chi connectivity index (χ2v) is 5.70. The Morgan fingerprint density at radius 2 is 1.76 bits per heavy atom. The summed E-state index contributed by atoms with van der Waals surface area (Å²) in [5, 5.41) is 3.45. The predicted octanol–water partition coefficient (Wildman–Crippen LogP) is 4.12. The number of hydrogen-bond acceptors (Lipinski definition) is 2. The quantitative estimate of drug-likeness (QED) is 0.891. The van der Waals surface area contributed by atoms with Gasteiger partial charge in [0.2, 0.25) is 0 Å². The molecule has 0 aliphatic carbocycles. The smallest absolute Gasteiger partial charge is 0.119 e. The number of hydrogen-bond donors (Lipinski definition) is 1. The van der Waals surface area contributed by atoms with E-state index in [4.69, 9.17) is 4.74 Å². The summed E-state index contributed by atoms with van der Waals surface area (Å²) in [5.74, 6) is 0.915. The second kappa shape index (κ2) is 6.77. The molecule has 2 heteroatoms. The molecule has 2 rings (SSSR count). The third kappa shape index (κ3) is 3.64. The van der Waals surface area contributed by atoms with Gasteiger partial charge in [0.25, 0.3) is 0 Å². The molecule has 0 spiro atoms. The van der Waals surface area contributed by atoms with Crippen LogP contribution in [0.2, 0.25) is 0 Å². The van der Waals surface area contributed by atoms with Crippen LogP contribution in [0.5, 0.6) is 5.75 Å². The van der Waals surface area contributed by atoms with E-state index in [0.717, 1.165) is 12.2 Å². The molecule has 0 aliphatic rings. The lowest BCUT2D eigenvalue weighted by Crippen LogP contribution is -2.20. The summed E-state index contributed by atoms with van der Waals surface area (Å²) in [6, 6.07) is 13.3. The molecule has 0 saturated carbocycles. The van der Waals surface area contributed by atoms with Crippen LogP contribution >= 0.6 is 0 Å². The second-order valence-electron chi connectivity index (χ2n) is 5.70. The van der Waals surface area contributed by atoms with Crippen LogP contribution in [0, 0.1) is 20.8 Å². The minimum Gasteiger partial charge on any atom is -0.497 e. The fraction of sp³-hybridized carbons (Fsp3) is 0.368. The summed E-state index contributed by atoms with van der Waals surface area (Å²) in [6.07, 6.45) is 0.997. The van der Waals surface area contributed by atoms with Gasteiger partial charge in [-0.25, -0.2) is 0 Å². The number of likely N-dealkylation sites (N-methyl/N-ethyl adjacent to an activating group) is 1. The Balaban J connectivity index is 2.29. The van der Waals surface area contributed by atoms with E-state index in [-0.39, 0.29) is 0 Å². The maximum Gasteiger partial charge on any atom is 0.119 e. The Morgan fingerprint density at radius 1 is 1.00 bits per heavy atom. The van der Waals surface area contributed by atoms with Crippen molar-refractivity contribution in [2.24, 2.45) is 0 Å². The summed E-state index contributed by atoms with van der Waals surface area (Å²) in [4.78, 5) is 0. The van der Waals surface area contributed by atoms with E-state index in [9.17, 15) is 0 Å². The van der Waals surface area contributed by atoms with E-state index in [1.165, 1.54) is 27.8 Å². The van der Waals surface area contributed by atoms with E-state index < -0.39 is 0 Å². The maximum atomic E-state index is 5.30. The van der Waals surface area contributed by atoms with E-state index >= 15 is 0 Å². The highest BCUT2D eigenvalue weighted by molar-refractivity contribution is 5.39. The molecule has 0 bridgehead atoms. The Bertz CT molecular complexity index is 619. The molecule has 21 heavy (non-hydrogen) atoms. The highest BCUT2D eigenvalue weighted by Crippen LogP contribution is 2.26. The molecule has 0 amide bonds. The van der Waals surface area contributed by atoms with Gasteiger partial charge in [0.15, 0.2) is 0 Å². The van der Waals surface area contributed by atoms with Gasteiger partial charge >= 0.3 is 0 Å². The molecule has 1 N–H and O–H groups in total. The predicted molar refractivity (Wildman–Crippen MR) is 89.2 cm³/mol. The first kappa shape index (κ1) is 15.6. The molecule has 0 aromatic heterocycles. The number of rotatable bonds is 5. The van der Waals surface area contributed by atoms with Gasteiger partial charge in [0.05, 0.1) is 7.11 Å². The first-order valence-electron chi connectivity index (χ1n) is 7.43. The third-order valence-electron chi connectivity index (χ3n) is 4.13. The van der Waals surface area contributed by atoms with Gasteiger partial charge in [0.1, 0.15) is 5.75 Å². The summed E-state index contributed by atoms with van der Waals surface area (Å²) < 4.78 is 5.30. The Morgan fingerprint density at radius 3 is 2.38 bits per heavy atom. The molecule has 2 aromatic carbocycles. The Hall–Kier alpha value is -1.80. The normalized spacial score (nSPS) is 12.2. The van der Waals surface area contributed by atoms with Crippen LogP contribution in [-0.2, 0) is 6.42 Å². The molecule has 0 heterocycles. The van der Waals surface area contributed by atoms with Gasteiger partial charge < -0.3 is 10.1 Å². The highest BCUT2D eigenvalue weighted by Gasteiger charge is 2.14. The fourth-order valence-electron chi connectivity index (χ4n) is 2.77. The van der Waals surface area contributed by atoms with Gasteiger partial charge in [-0.15, -0.1) is 0 Å². The standard InChI is InChI=1S/C19H25NO/c1-13-6-7-14(2)16(10-13)12-19(20-4)18-9-8-17(21-5)11-15(18)3/h6-11,19-20H,12H2,1-5H3. The van der Waals surface area contributed by atoms with Crippen LogP contribution in [-0.4, -0.2) is 14.2 Å². The first-order chi connectivity index (χ1) is 10.0. The zero-order valence-electron chi connectivity index (χ0n) is 13.7. The molecule has 2 nitrogen and oxygen atoms in total. The van der Waals surface area contributed by atoms with Crippen LogP contribution < -0.4 is 10.1 Å². The van der Waals surface area contributed by atoms with Crippen molar-refractivity contribution in [2.75, 3.05) is 14.2 Å². The van der Waals surface area contributed by atoms with E-state index in [0.29, 0.717) is 6.04 Å². The monoisotopic (exact) mass is 283 g/mol. The lowest BCUT2D eigenvalue weighted by Gasteiger charge is -2.21. The zero-order chi connectivity index (χ0) is 15.4. The van der Waals surface area contributed by atoms with Gasteiger partial charge in [-0.2, -0.15) is 0 Å². The number of benzene rings is 2. The minimum absolute atomic E-state index is 0.316. The van der Waals surface area contributed by atoms with Crippen LogP contribution in [0.25, 0.3) is 0 Å². The molecule has 0 fully saturated rings. The van der Waals surface area contributed by atoms with Crippen molar-refractivity contribution in [1.82, 2.24) is 5.32 Å². The minimum atomic E-state index is 0.316. The van der Waals surface area contributed by atoms with Crippen molar-refractivity contribution in [3.63, 3.8) is 0 Å². The average molecular weight is 283 g/mol. The molecular weight excluding hydrogens is 258 g/mol. The van der Waals surface area contributed by atoms with Crippen molar-refractivity contribution in [3.05, 3.63) is 64.2 Å².